The normalized spacial score (nSPS) is 10.2. The Morgan fingerprint density at radius 2 is 1.44 bits per heavy atom. The molecule has 0 aliphatic heterocycles. The lowest BCUT2D eigenvalue weighted by atomic mass is 10.1. The maximum Gasteiger partial charge on any atom is 0.513 e. The van der Waals surface area contributed by atoms with Crippen molar-refractivity contribution in [3.8, 4) is 17.2 Å². The molecule has 0 aliphatic carbocycles. The van der Waals surface area contributed by atoms with Crippen LogP contribution in [0.2, 0.25) is 0 Å². The summed E-state index contributed by atoms with van der Waals surface area (Å²) in [4.78, 5) is 36.0. The maximum absolute atomic E-state index is 12.4. The number of hydrogen-bond donors (Lipinski definition) is 2. The standard InChI is InChI=1S/C27H28N2O7/c1-3-33-23-7-5-6-8-24(23)35-18-25(30)29-21-13-9-19(10-14-21)17-28-26(31)20-11-15-22(16-12-20)36-27(32)34-4-2/h5-16H,3-4,17-18H2,1-2H3,(H,28,31)(H,29,30). The fraction of sp³-hybridized carbons (Fsp3) is 0.222. The summed E-state index contributed by atoms with van der Waals surface area (Å²) in [7, 11) is 0. The quantitative estimate of drug-likeness (QED) is 0.298. The molecule has 0 fully saturated rings. The van der Waals surface area contributed by atoms with Gasteiger partial charge in [0.25, 0.3) is 11.8 Å². The predicted molar refractivity (Wildman–Crippen MR) is 133 cm³/mol. The van der Waals surface area contributed by atoms with Gasteiger partial charge in [0.15, 0.2) is 18.1 Å². The Morgan fingerprint density at radius 1 is 0.778 bits per heavy atom. The molecule has 2 N–H and O–H groups in total. The lowest BCUT2D eigenvalue weighted by Gasteiger charge is -2.12. The highest BCUT2D eigenvalue weighted by atomic mass is 16.7. The molecular formula is C27H28N2O7. The minimum Gasteiger partial charge on any atom is -0.490 e. The summed E-state index contributed by atoms with van der Waals surface area (Å²) in [6.07, 6.45) is -0.797. The van der Waals surface area contributed by atoms with Gasteiger partial charge in [0, 0.05) is 17.8 Å². The van der Waals surface area contributed by atoms with Crippen LogP contribution in [-0.4, -0.2) is 37.8 Å². The zero-order valence-electron chi connectivity index (χ0n) is 20.1. The summed E-state index contributed by atoms with van der Waals surface area (Å²) < 4.78 is 20.7. The van der Waals surface area contributed by atoms with E-state index in [2.05, 4.69) is 10.6 Å². The molecule has 3 aromatic carbocycles. The Morgan fingerprint density at radius 3 is 2.08 bits per heavy atom. The molecule has 3 aromatic rings. The summed E-state index contributed by atoms with van der Waals surface area (Å²) in [5.74, 6) is 0.783. The number of rotatable bonds is 11. The van der Waals surface area contributed by atoms with E-state index in [0.29, 0.717) is 35.9 Å². The second-order valence-electron chi connectivity index (χ2n) is 7.41. The second-order valence-corrected chi connectivity index (χ2v) is 7.41. The van der Waals surface area contributed by atoms with Crippen molar-refractivity contribution in [2.45, 2.75) is 20.4 Å². The van der Waals surface area contributed by atoms with E-state index in [4.69, 9.17) is 18.9 Å². The van der Waals surface area contributed by atoms with E-state index in [1.807, 2.05) is 19.1 Å². The molecule has 0 heterocycles. The van der Waals surface area contributed by atoms with E-state index in [1.165, 1.54) is 12.1 Å². The Kier molecular flexibility index (Phi) is 9.69. The van der Waals surface area contributed by atoms with E-state index >= 15 is 0 Å². The van der Waals surface area contributed by atoms with Gasteiger partial charge in [0.1, 0.15) is 5.75 Å². The Bertz CT molecular complexity index is 1160. The minimum absolute atomic E-state index is 0.161. The maximum atomic E-state index is 12.4. The first kappa shape index (κ1) is 26.1. The van der Waals surface area contributed by atoms with Crippen molar-refractivity contribution >= 4 is 23.7 Å². The third-order valence-electron chi connectivity index (χ3n) is 4.78. The van der Waals surface area contributed by atoms with Gasteiger partial charge in [0.05, 0.1) is 13.2 Å². The van der Waals surface area contributed by atoms with Crippen molar-refractivity contribution in [1.29, 1.82) is 0 Å². The van der Waals surface area contributed by atoms with Crippen LogP contribution in [0.15, 0.2) is 72.8 Å². The summed E-state index contributed by atoms with van der Waals surface area (Å²) >= 11 is 0. The highest BCUT2D eigenvalue weighted by molar-refractivity contribution is 5.94. The van der Waals surface area contributed by atoms with Crippen molar-refractivity contribution in [3.05, 3.63) is 83.9 Å². The molecule has 2 amide bonds. The van der Waals surface area contributed by atoms with Crippen LogP contribution in [-0.2, 0) is 16.1 Å². The average molecular weight is 493 g/mol. The topological polar surface area (TPSA) is 112 Å². The third-order valence-corrected chi connectivity index (χ3v) is 4.78. The second kappa shape index (κ2) is 13.4. The molecule has 0 radical (unpaired) electrons. The number of carbonyl (C=O) groups is 3. The van der Waals surface area contributed by atoms with Gasteiger partial charge in [0.2, 0.25) is 0 Å². The van der Waals surface area contributed by atoms with Gasteiger partial charge in [-0.05, 0) is 67.9 Å². The van der Waals surface area contributed by atoms with Gasteiger partial charge in [-0.2, -0.15) is 0 Å². The molecule has 0 aromatic heterocycles. The van der Waals surface area contributed by atoms with E-state index in [9.17, 15) is 14.4 Å². The first-order valence-electron chi connectivity index (χ1n) is 11.4. The van der Waals surface area contributed by atoms with Crippen molar-refractivity contribution in [1.82, 2.24) is 5.32 Å². The largest absolute Gasteiger partial charge is 0.513 e. The number of amides is 2. The van der Waals surface area contributed by atoms with E-state index in [0.717, 1.165) is 5.56 Å². The monoisotopic (exact) mass is 492 g/mol. The zero-order chi connectivity index (χ0) is 25.8. The Balaban J connectivity index is 1.44. The smallest absolute Gasteiger partial charge is 0.490 e. The van der Waals surface area contributed by atoms with Crippen LogP contribution >= 0.6 is 0 Å². The number of anilines is 1. The highest BCUT2D eigenvalue weighted by Gasteiger charge is 2.10. The van der Waals surface area contributed by atoms with Crippen LogP contribution in [0.5, 0.6) is 17.2 Å². The van der Waals surface area contributed by atoms with Crippen LogP contribution in [0.1, 0.15) is 29.8 Å². The molecule has 0 unspecified atom stereocenters. The van der Waals surface area contributed by atoms with Crippen molar-refractivity contribution in [2.75, 3.05) is 25.1 Å². The lowest BCUT2D eigenvalue weighted by molar-refractivity contribution is -0.118. The van der Waals surface area contributed by atoms with Gasteiger partial charge < -0.3 is 29.6 Å². The molecule has 3 rings (SSSR count). The number of ether oxygens (including phenoxy) is 4. The van der Waals surface area contributed by atoms with Crippen LogP contribution < -0.4 is 24.8 Å². The van der Waals surface area contributed by atoms with Crippen molar-refractivity contribution < 1.29 is 33.3 Å². The Hall–Kier alpha value is -4.53. The van der Waals surface area contributed by atoms with E-state index < -0.39 is 6.16 Å². The molecule has 0 bridgehead atoms. The van der Waals surface area contributed by atoms with Gasteiger partial charge >= 0.3 is 6.16 Å². The molecule has 9 heteroatoms. The number of hydrogen-bond acceptors (Lipinski definition) is 7. The number of para-hydroxylation sites is 2. The van der Waals surface area contributed by atoms with Gasteiger partial charge in [-0.3, -0.25) is 9.59 Å². The number of nitrogens with one attached hydrogen (secondary N) is 2. The molecule has 0 atom stereocenters. The summed E-state index contributed by atoms with van der Waals surface area (Å²) in [5, 5.41) is 5.59. The molecule has 9 nitrogen and oxygen atoms in total. The van der Waals surface area contributed by atoms with Gasteiger partial charge in [-0.1, -0.05) is 24.3 Å². The Labute approximate surface area is 209 Å². The van der Waals surface area contributed by atoms with Crippen LogP contribution in [0, 0.1) is 0 Å². The third kappa shape index (κ3) is 8.05. The molecular weight excluding hydrogens is 464 g/mol. The molecule has 0 aliphatic rings. The summed E-state index contributed by atoms with van der Waals surface area (Å²) in [6, 6.07) is 20.4. The SMILES string of the molecule is CCOC(=O)Oc1ccc(C(=O)NCc2ccc(NC(=O)COc3ccccc3OCC)cc2)cc1. The van der Waals surface area contributed by atoms with E-state index in [-0.39, 0.29) is 30.8 Å². The number of carbonyl (C=O) groups excluding carboxylic acids is 3. The summed E-state index contributed by atoms with van der Waals surface area (Å²) in [5.41, 5.74) is 1.88. The molecule has 0 saturated heterocycles. The van der Waals surface area contributed by atoms with Crippen molar-refractivity contribution in [3.63, 3.8) is 0 Å². The first-order valence-corrected chi connectivity index (χ1v) is 11.4. The summed E-state index contributed by atoms with van der Waals surface area (Å²) in [6.45, 7) is 4.40. The van der Waals surface area contributed by atoms with Gasteiger partial charge in [-0.15, -0.1) is 0 Å². The van der Waals surface area contributed by atoms with Crippen LogP contribution in [0.4, 0.5) is 10.5 Å². The van der Waals surface area contributed by atoms with E-state index in [1.54, 1.807) is 55.5 Å². The fourth-order valence-electron chi connectivity index (χ4n) is 3.09. The predicted octanol–water partition coefficient (Wildman–Crippen LogP) is 4.57. The zero-order valence-corrected chi connectivity index (χ0v) is 20.1. The van der Waals surface area contributed by atoms with Crippen molar-refractivity contribution in [2.24, 2.45) is 0 Å². The van der Waals surface area contributed by atoms with Crippen LogP contribution in [0.25, 0.3) is 0 Å². The molecule has 0 spiro atoms. The lowest BCUT2D eigenvalue weighted by Crippen LogP contribution is -2.23. The molecule has 0 saturated carbocycles. The molecule has 188 valence electrons. The van der Waals surface area contributed by atoms with Gasteiger partial charge in [-0.25, -0.2) is 4.79 Å². The first-order chi connectivity index (χ1) is 17.5. The average Bonchev–Trinajstić information content (AvgIpc) is 2.88. The highest BCUT2D eigenvalue weighted by Crippen LogP contribution is 2.26. The number of benzene rings is 3. The molecule has 36 heavy (non-hydrogen) atoms. The minimum atomic E-state index is -0.797. The van der Waals surface area contributed by atoms with Crippen LogP contribution in [0.3, 0.4) is 0 Å². The fourth-order valence-corrected chi connectivity index (χ4v) is 3.09.